The van der Waals surface area contributed by atoms with Gasteiger partial charge in [0.25, 0.3) is 0 Å². The molecule has 1 atom stereocenters. The van der Waals surface area contributed by atoms with Crippen LogP contribution in [0.2, 0.25) is 5.15 Å². The van der Waals surface area contributed by atoms with Gasteiger partial charge in [0.15, 0.2) is 5.82 Å². The third-order valence-corrected chi connectivity index (χ3v) is 2.74. The fourth-order valence-corrected chi connectivity index (χ4v) is 1.87. The van der Waals surface area contributed by atoms with E-state index in [1.165, 1.54) is 0 Å². The highest BCUT2D eigenvalue weighted by molar-refractivity contribution is 6.29. The van der Waals surface area contributed by atoms with Crippen molar-refractivity contribution in [3.8, 4) is 23.7 Å². The lowest BCUT2D eigenvalue weighted by Gasteiger charge is -2.12. The van der Waals surface area contributed by atoms with Gasteiger partial charge >= 0.3 is 0 Å². The summed E-state index contributed by atoms with van der Waals surface area (Å²) in [5.74, 6) is 3.89. The van der Waals surface area contributed by atoms with Crippen LogP contribution in [0.15, 0.2) is 36.4 Å². The lowest BCUT2D eigenvalue weighted by molar-refractivity contribution is 0.821. The van der Waals surface area contributed by atoms with Gasteiger partial charge in [0.05, 0.1) is 0 Å². The molecule has 1 unspecified atom stereocenters. The van der Waals surface area contributed by atoms with Crippen LogP contribution in [0, 0.1) is 12.3 Å². The Morgan fingerprint density at radius 2 is 2.05 bits per heavy atom. The molecular formula is C15H14ClN3. The quantitative estimate of drug-likeness (QED) is 0.682. The lowest BCUT2D eigenvalue weighted by atomic mass is 10.2. The van der Waals surface area contributed by atoms with E-state index in [1.807, 2.05) is 37.3 Å². The summed E-state index contributed by atoms with van der Waals surface area (Å²) in [4.78, 5) is 8.68. The topological polar surface area (TPSA) is 37.8 Å². The van der Waals surface area contributed by atoms with Crippen LogP contribution >= 0.6 is 11.6 Å². The molecular weight excluding hydrogens is 258 g/mol. The Morgan fingerprint density at radius 1 is 1.32 bits per heavy atom. The summed E-state index contributed by atoms with van der Waals surface area (Å²) < 4.78 is 0. The SMILES string of the molecule is C#CCC(C)Nc1cc(Cl)nc(-c2ccccc2)n1. The van der Waals surface area contributed by atoms with Gasteiger partial charge < -0.3 is 5.32 Å². The van der Waals surface area contributed by atoms with Gasteiger partial charge in [-0.15, -0.1) is 12.3 Å². The van der Waals surface area contributed by atoms with Gasteiger partial charge in [-0.3, -0.25) is 0 Å². The first kappa shape index (κ1) is 13.4. The van der Waals surface area contributed by atoms with Crippen molar-refractivity contribution in [3.63, 3.8) is 0 Å². The van der Waals surface area contributed by atoms with Crippen molar-refractivity contribution in [1.82, 2.24) is 9.97 Å². The first-order valence-electron chi connectivity index (χ1n) is 5.99. The molecule has 2 rings (SSSR count). The number of terminal acetylenes is 1. The van der Waals surface area contributed by atoms with Crippen LogP contribution in [0.1, 0.15) is 13.3 Å². The summed E-state index contributed by atoms with van der Waals surface area (Å²) >= 11 is 6.03. The Bertz CT molecular complexity index is 590. The van der Waals surface area contributed by atoms with Crippen molar-refractivity contribution in [1.29, 1.82) is 0 Å². The Morgan fingerprint density at radius 3 is 2.74 bits per heavy atom. The highest BCUT2D eigenvalue weighted by Gasteiger charge is 2.07. The molecule has 2 aromatic rings. The van der Waals surface area contributed by atoms with Gasteiger partial charge in [-0.1, -0.05) is 41.9 Å². The highest BCUT2D eigenvalue weighted by Crippen LogP contribution is 2.20. The van der Waals surface area contributed by atoms with E-state index in [4.69, 9.17) is 18.0 Å². The van der Waals surface area contributed by atoms with Crippen molar-refractivity contribution in [2.24, 2.45) is 0 Å². The van der Waals surface area contributed by atoms with Gasteiger partial charge in [-0.2, -0.15) is 0 Å². The fourth-order valence-electron chi connectivity index (χ4n) is 1.69. The standard InChI is InChI=1S/C15H14ClN3/c1-3-7-11(2)17-14-10-13(16)18-15(19-14)12-8-5-4-6-9-12/h1,4-6,8-11H,7H2,2H3,(H,17,18,19). The number of hydrogen-bond acceptors (Lipinski definition) is 3. The number of hydrogen-bond donors (Lipinski definition) is 1. The Labute approximate surface area is 118 Å². The summed E-state index contributed by atoms with van der Waals surface area (Å²) in [7, 11) is 0. The van der Waals surface area contributed by atoms with Crippen LogP contribution < -0.4 is 5.32 Å². The van der Waals surface area contributed by atoms with Crippen molar-refractivity contribution in [2.75, 3.05) is 5.32 Å². The number of benzene rings is 1. The minimum atomic E-state index is 0.139. The molecule has 0 radical (unpaired) electrons. The molecule has 1 aromatic heterocycles. The molecule has 0 saturated heterocycles. The van der Waals surface area contributed by atoms with E-state index in [9.17, 15) is 0 Å². The average Bonchev–Trinajstić information content (AvgIpc) is 2.39. The van der Waals surface area contributed by atoms with E-state index in [1.54, 1.807) is 6.07 Å². The van der Waals surface area contributed by atoms with E-state index < -0.39 is 0 Å². The Kier molecular flexibility index (Phi) is 4.38. The first-order valence-corrected chi connectivity index (χ1v) is 6.37. The minimum Gasteiger partial charge on any atom is -0.366 e. The molecule has 1 N–H and O–H groups in total. The molecule has 0 saturated carbocycles. The zero-order valence-corrected chi connectivity index (χ0v) is 11.4. The number of nitrogens with one attached hydrogen (secondary N) is 1. The second-order valence-electron chi connectivity index (χ2n) is 4.22. The van der Waals surface area contributed by atoms with Gasteiger partial charge in [0.2, 0.25) is 0 Å². The second kappa shape index (κ2) is 6.21. The molecule has 1 aromatic carbocycles. The third-order valence-electron chi connectivity index (χ3n) is 2.55. The van der Waals surface area contributed by atoms with Gasteiger partial charge in [0, 0.05) is 24.1 Å². The summed E-state index contributed by atoms with van der Waals surface area (Å²) in [6.07, 6.45) is 5.91. The Balaban J connectivity index is 2.28. The van der Waals surface area contributed by atoms with Crippen molar-refractivity contribution >= 4 is 17.4 Å². The largest absolute Gasteiger partial charge is 0.366 e. The molecule has 0 aliphatic rings. The molecule has 0 spiro atoms. The van der Waals surface area contributed by atoms with Gasteiger partial charge in [-0.05, 0) is 6.92 Å². The third kappa shape index (κ3) is 3.70. The number of anilines is 1. The van der Waals surface area contributed by atoms with E-state index in [2.05, 4.69) is 21.2 Å². The molecule has 0 fully saturated rings. The first-order chi connectivity index (χ1) is 9.19. The van der Waals surface area contributed by atoms with E-state index in [0.717, 1.165) is 5.56 Å². The van der Waals surface area contributed by atoms with Crippen LogP contribution in [0.3, 0.4) is 0 Å². The number of nitrogens with zero attached hydrogens (tertiary/aromatic N) is 2. The molecule has 4 heteroatoms. The molecule has 0 aliphatic heterocycles. The molecule has 0 aliphatic carbocycles. The molecule has 19 heavy (non-hydrogen) atoms. The van der Waals surface area contributed by atoms with Crippen molar-refractivity contribution in [2.45, 2.75) is 19.4 Å². The van der Waals surface area contributed by atoms with Crippen LogP contribution in [0.4, 0.5) is 5.82 Å². The van der Waals surface area contributed by atoms with Crippen LogP contribution in [0.25, 0.3) is 11.4 Å². The monoisotopic (exact) mass is 271 g/mol. The van der Waals surface area contributed by atoms with Crippen LogP contribution in [0.5, 0.6) is 0 Å². The summed E-state index contributed by atoms with van der Waals surface area (Å²) in [6, 6.07) is 11.5. The van der Waals surface area contributed by atoms with Crippen molar-refractivity contribution in [3.05, 3.63) is 41.6 Å². The predicted molar refractivity (Wildman–Crippen MR) is 79.0 cm³/mol. The van der Waals surface area contributed by atoms with Crippen LogP contribution in [-0.2, 0) is 0 Å². The zero-order valence-electron chi connectivity index (χ0n) is 10.6. The smallest absolute Gasteiger partial charge is 0.163 e. The van der Waals surface area contributed by atoms with E-state index in [-0.39, 0.29) is 6.04 Å². The average molecular weight is 272 g/mol. The second-order valence-corrected chi connectivity index (χ2v) is 4.61. The minimum absolute atomic E-state index is 0.139. The molecule has 0 amide bonds. The maximum atomic E-state index is 6.03. The normalized spacial score (nSPS) is 11.6. The molecule has 0 bridgehead atoms. The molecule has 1 heterocycles. The van der Waals surface area contributed by atoms with Gasteiger partial charge in [-0.25, -0.2) is 9.97 Å². The molecule has 3 nitrogen and oxygen atoms in total. The zero-order chi connectivity index (χ0) is 13.7. The number of halogens is 1. The number of rotatable bonds is 4. The number of aromatic nitrogens is 2. The predicted octanol–water partition coefficient (Wildman–Crippen LogP) is 3.62. The highest BCUT2D eigenvalue weighted by atomic mass is 35.5. The Hall–Kier alpha value is -2.05. The van der Waals surface area contributed by atoms with E-state index in [0.29, 0.717) is 23.2 Å². The molecule has 96 valence electrons. The summed E-state index contributed by atoms with van der Waals surface area (Å²) in [5.41, 5.74) is 0.928. The van der Waals surface area contributed by atoms with Crippen LogP contribution in [-0.4, -0.2) is 16.0 Å². The summed E-state index contributed by atoms with van der Waals surface area (Å²) in [5, 5.41) is 3.62. The summed E-state index contributed by atoms with van der Waals surface area (Å²) in [6.45, 7) is 2.00. The van der Waals surface area contributed by atoms with Gasteiger partial charge in [0.1, 0.15) is 11.0 Å². The maximum absolute atomic E-state index is 6.03. The fraction of sp³-hybridized carbons (Fsp3) is 0.200. The maximum Gasteiger partial charge on any atom is 0.163 e. The van der Waals surface area contributed by atoms with Crippen molar-refractivity contribution < 1.29 is 0 Å². The lowest BCUT2D eigenvalue weighted by Crippen LogP contribution is -2.15. The van der Waals surface area contributed by atoms with E-state index >= 15 is 0 Å².